The Morgan fingerprint density at radius 3 is 2.63 bits per heavy atom. The van der Waals surface area contributed by atoms with E-state index >= 15 is 0 Å². The zero-order chi connectivity index (χ0) is 18.6. The molecule has 0 aliphatic carbocycles. The molecule has 1 heterocycles. The summed E-state index contributed by atoms with van der Waals surface area (Å²) in [6, 6.07) is 22.1. The fourth-order valence-corrected chi connectivity index (χ4v) is 3.77. The number of aromatic nitrogens is 1. The van der Waals surface area contributed by atoms with E-state index in [0.29, 0.717) is 5.13 Å². The Labute approximate surface area is 169 Å². The van der Waals surface area contributed by atoms with Crippen LogP contribution in [0.15, 0.2) is 82.7 Å². The fraction of sp³-hybridized carbons (Fsp3) is 0. The highest BCUT2D eigenvalue weighted by molar-refractivity contribution is 9.10. The van der Waals surface area contributed by atoms with E-state index in [1.807, 2.05) is 47.8 Å². The summed E-state index contributed by atoms with van der Waals surface area (Å²) >= 11 is 4.82. The lowest BCUT2D eigenvalue weighted by Crippen LogP contribution is -2.07. The Bertz CT molecular complexity index is 1130. The number of halogens is 1. The van der Waals surface area contributed by atoms with Gasteiger partial charge in [0.05, 0.1) is 5.69 Å². The van der Waals surface area contributed by atoms with Crippen LogP contribution in [0.2, 0.25) is 0 Å². The van der Waals surface area contributed by atoms with Crippen LogP contribution in [0.3, 0.4) is 0 Å². The first-order valence-corrected chi connectivity index (χ1v) is 10.0. The van der Waals surface area contributed by atoms with Gasteiger partial charge in [-0.25, -0.2) is 4.98 Å². The van der Waals surface area contributed by atoms with Crippen LogP contribution >= 0.6 is 27.3 Å². The van der Waals surface area contributed by atoms with Gasteiger partial charge in [0, 0.05) is 21.5 Å². The zero-order valence-corrected chi connectivity index (χ0v) is 16.6. The second kappa shape index (κ2) is 7.86. The lowest BCUT2D eigenvalue weighted by Gasteiger charge is -2.03. The number of nitrogens with zero attached hydrogens (tertiary/aromatic N) is 1. The van der Waals surface area contributed by atoms with Gasteiger partial charge in [0.25, 0.3) is 0 Å². The zero-order valence-electron chi connectivity index (χ0n) is 14.2. The van der Waals surface area contributed by atoms with Crippen LogP contribution in [0.4, 0.5) is 5.13 Å². The maximum atomic E-state index is 12.2. The highest BCUT2D eigenvalue weighted by atomic mass is 79.9. The number of benzene rings is 3. The molecular formula is C22H15BrN2OS. The summed E-state index contributed by atoms with van der Waals surface area (Å²) in [6.07, 6.45) is 3.29. The number of anilines is 1. The van der Waals surface area contributed by atoms with E-state index in [0.717, 1.165) is 26.7 Å². The van der Waals surface area contributed by atoms with Crippen molar-refractivity contribution in [2.75, 3.05) is 5.32 Å². The number of carbonyl (C=O) groups is 1. The van der Waals surface area contributed by atoms with Gasteiger partial charge < -0.3 is 0 Å². The van der Waals surface area contributed by atoms with Crippen LogP contribution in [-0.4, -0.2) is 10.9 Å². The molecule has 0 bridgehead atoms. The fourth-order valence-electron chi connectivity index (χ4n) is 2.80. The summed E-state index contributed by atoms with van der Waals surface area (Å²) in [7, 11) is 0. The van der Waals surface area contributed by atoms with E-state index in [1.54, 1.807) is 6.08 Å². The van der Waals surface area contributed by atoms with E-state index in [4.69, 9.17) is 0 Å². The first kappa shape index (κ1) is 17.6. The van der Waals surface area contributed by atoms with Gasteiger partial charge in [0.1, 0.15) is 0 Å². The predicted octanol–water partition coefficient (Wildman–Crippen LogP) is 6.38. The second-order valence-electron chi connectivity index (χ2n) is 5.94. The molecule has 27 heavy (non-hydrogen) atoms. The van der Waals surface area contributed by atoms with Crippen molar-refractivity contribution < 1.29 is 4.79 Å². The summed E-state index contributed by atoms with van der Waals surface area (Å²) < 4.78 is 1.01. The van der Waals surface area contributed by atoms with Gasteiger partial charge in [-0.2, -0.15) is 0 Å². The molecular weight excluding hydrogens is 420 g/mol. The number of fused-ring (bicyclic) bond motifs is 1. The van der Waals surface area contributed by atoms with Gasteiger partial charge in [-0.15, -0.1) is 11.3 Å². The molecule has 0 spiro atoms. The molecule has 0 fully saturated rings. The van der Waals surface area contributed by atoms with Crippen molar-refractivity contribution in [3.05, 3.63) is 88.2 Å². The van der Waals surface area contributed by atoms with Gasteiger partial charge in [-0.1, -0.05) is 70.5 Å². The molecule has 1 amide bonds. The Morgan fingerprint density at radius 1 is 1.00 bits per heavy atom. The number of amides is 1. The minimum absolute atomic E-state index is 0.197. The molecule has 0 saturated carbocycles. The topological polar surface area (TPSA) is 42.0 Å². The summed E-state index contributed by atoms with van der Waals surface area (Å²) in [4.78, 5) is 16.8. The van der Waals surface area contributed by atoms with Gasteiger partial charge in [-0.05, 0) is 34.5 Å². The SMILES string of the molecule is O=C(/C=C/c1ccc(Br)cc1)Nc1nc(-c2cccc3ccccc23)cs1. The Hall–Kier alpha value is -2.76. The highest BCUT2D eigenvalue weighted by Gasteiger charge is 2.09. The van der Waals surface area contributed by atoms with Gasteiger partial charge in [0.2, 0.25) is 5.91 Å². The molecule has 1 N–H and O–H groups in total. The van der Waals surface area contributed by atoms with E-state index < -0.39 is 0 Å². The first-order chi connectivity index (χ1) is 13.2. The number of nitrogens with one attached hydrogen (secondary N) is 1. The third-order valence-corrected chi connectivity index (χ3v) is 5.38. The average molecular weight is 435 g/mol. The van der Waals surface area contributed by atoms with Gasteiger partial charge in [0.15, 0.2) is 5.13 Å². The van der Waals surface area contributed by atoms with Crippen molar-refractivity contribution in [3.8, 4) is 11.3 Å². The molecule has 3 nitrogen and oxygen atoms in total. The minimum Gasteiger partial charge on any atom is -0.298 e. The van der Waals surface area contributed by atoms with Crippen molar-refractivity contribution in [3.63, 3.8) is 0 Å². The molecule has 4 rings (SSSR count). The maximum Gasteiger partial charge on any atom is 0.250 e. The Morgan fingerprint density at radius 2 is 1.78 bits per heavy atom. The number of hydrogen-bond donors (Lipinski definition) is 1. The smallest absolute Gasteiger partial charge is 0.250 e. The predicted molar refractivity (Wildman–Crippen MR) is 117 cm³/mol. The van der Waals surface area contributed by atoms with Crippen LogP contribution in [0, 0.1) is 0 Å². The molecule has 0 atom stereocenters. The molecule has 1 aromatic heterocycles. The molecule has 0 radical (unpaired) electrons. The molecule has 0 aliphatic rings. The average Bonchev–Trinajstić information content (AvgIpc) is 3.15. The van der Waals surface area contributed by atoms with Gasteiger partial charge >= 0.3 is 0 Å². The van der Waals surface area contributed by atoms with E-state index in [-0.39, 0.29) is 5.91 Å². The van der Waals surface area contributed by atoms with E-state index in [2.05, 4.69) is 50.5 Å². The number of thiazole rings is 1. The summed E-state index contributed by atoms with van der Waals surface area (Å²) in [5.41, 5.74) is 2.89. The van der Waals surface area contributed by atoms with Crippen molar-refractivity contribution >= 4 is 55.2 Å². The first-order valence-electron chi connectivity index (χ1n) is 8.37. The lowest BCUT2D eigenvalue weighted by atomic mass is 10.0. The minimum atomic E-state index is -0.197. The third kappa shape index (κ3) is 4.15. The standard InChI is InChI=1S/C22H15BrN2OS/c23-17-11-8-15(9-12-17)10-13-21(26)25-22-24-20(14-27-22)19-7-3-5-16-4-1-2-6-18(16)19/h1-14H,(H,24,25,26)/b13-10+. The maximum absolute atomic E-state index is 12.2. The lowest BCUT2D eigenvalue weighted by molar-refractivity contribution is -0.111. The molecule has 132 valence electrons. The van der Waals surface area contributed by atoms with E-state index in [9.17, 15) is 4.79 Å². The Balaban J connectivity index is 1.51. The van der Waals surface area contributed by atoms with Crippen LogP contribution in [0.5, 0.6) is 0 Å². The molecule has 0 saturated heterocycles. The van der Waals surface area contributed by atoms with Gasteiger partial charge in [-0.3, -0.25) is 10.1 Å². The monoisotopic (exact) mass is 434 g/mol. The molecule has 0 unspecified atom stereocenters. The van der Waals surface area contributed by atoms with E-state index in [1.165, 1.54) is 22.8 Å². The van der Waals surface area contributed by atoms with Crippen molar-refractivity contribution in [1.29, 1.82) is 0 Å². The number of hydrogen-bond acceptors (Lipinski definition) is 3. The van der Waals surface area contributed by atoms with Crippen LogP contribution in [0.1, 0.15) is 5.56 Å². The second-order valence-corrected chi connectivity index (χ2v) is 7.71. The number of rotatable bonds is 4. The number of carbonyl (C=O) groups excluding carboxylic acids is 1. The normalized spacial score (nSPS) is 11.1. The molecule has 0 aliphatic heterocycles. The Kier molecular flexibility index (Phi) is 5.14. The molecule has 4 aromatic rings. The quantitative estimate of drug-likeness (QED) is 0.378. The summed E-state index contributed by atoms with van der Waals surface area (Å²) in [6.45, 7) is 0. The summed E-state index contributed by atoms with van der Waals surface area (Å²) in [5.74, 6) is -0.197. The molecule has 5 heteroatoms. The van der Waals surface area contributed by atoms with Crippen molar-refractivity contribution in [2.24, 2.45) is 0 Å². The largest absolute Gasteiger partial charge is 0.298 e. The highest BCUT2D eigenvalue weighted by Crippen LogP contribution is 2.30. The van der Waals surface area contributed by atoms with Crippen molar-refractivity contribution in [1.82, 2.24) is 4.98 Å². The third-order valence-electron chi connectivity index (χ3n) is 4.10. The molecule has 3 aromatic carbocycles. The van der Waals surface area contributed by atoms with Crippen LogP contribution in [0.25, 0.3) is 28.1 Å². The van der Waals surface area contributed by atoms with Crippen molar-refractivity contribution in [2.45, 2.75) is 0 Å². The van der Waals surface area contributed by atoms with Crippen LogP contribution in [-0.2, 0) is 4.79 Å². The summed E-state index contributed by atoms with van der Waals surface area (Å²) in [5, 5.41) is 7.71. The van der Waals surface area contributed by atoms with Crippen LogP contribution < -0.4 is 5.32 Å².